The Morgan fingerprint density at radius 1 is 0.269 bits per heavy atom. The summed E-state index contributed by atoms with van der Waals surface area (Å²) >= 11 is 0. The van der Waals surface area contributed by atoms with E-state index in [1.165, 1.54) is 84.1 Å². The number of pyridine rings is 10. The van der Waals surface area contributed by atoms with Crippen molar-refractivity contribution in [1.82, 2.24) is 24.9 Å². The number of aryl methyl sites for hydroxylation is 12. The van der Waals surface area contributed by atoms with Crippen molar-refractivity contribution >= 4 is 110 Å². The van der Waals surface area contributed by atoms with Gasteiger partial charge >= 0.3 is 0 Å². The van der Waals surface area contributed by atoms with Crippen LogP contribution in [0.5, 0.6) is 0 Å². The number of benzene rings is 5. The highest BCUT2D eigenvalue weighted by Gasteiger charge is 2.30. The highest BCUT2D eigenvalue weighted by atomic mass is 16.4. The van der Waals surface area contributed by atoms with Gasteiger partial charge in [-0.3, -0.25) is 0 Å². The molecule has 15 heteroatoms. The largest absolute Gasteiger partial charge is 0.437 e. The highest BCUT2D eigenvalue weighted by molar-refractivity contribution is 6.13. The van der Waals surface area contributed by atoms with Crippen molar-refractivity contribution in [3.05, 3.63) is 297 Å². The predicted molar refractivity (Wildman–Crippen MR) is 550 cm³/mol. The van der Waals surface area contributed by atoms with Crippen LogP contribution >= 0.6 is 0 Å². The van der Waals surface area contributed by atoms with E-state index in [0.29, 0.717) is 47.1 Å². The molecule has 15 nitrogen and oxygen atoms in total. The van der Waals surface area contributed by atoms with Crippen molar-refractivity contribution in [1.29, 1.82) is 0 Å². The van der Waals surface area contributed by atoms with Crippen molar-refractivity contribution in [3.8, 4) is 56.3 Å². The second kappa shape index (κ2) is 37.9. The van der Waals surface area contributed by atoms with Gasteiger partial charge in [0.2, 0.25) is 57.0 Å². The van der Waals surface area contributed by atoms with Crippen LogP contribution in [0.2, 0.25) is 0 Å². The van der Waals surface area contributed by atoms with Gasteiger partial charge in [0, 0.05) is 148 Å². The summed E-state index contributed by atoms with van der Waals surface area (Å²) in [6, 6.07) is 65.3. The summed E-state index contributed by atoms with van der Waals surface area (Å²) in [5, 5.41) is 11.0. The quantitative estimate of drug-likeness (QED) is 0.0963. The monoisotopic (exact) mass is 1780 g/mol. The van der Waals surface area contributed by atoms with E-state index < -0.39 is 0 Å². The predicted octanol–water partition coefficient (Wildman–Crippen LogP) is 29.0. The molecule has 20 rings (SSSR count). The van der Waals surface area contributed by atoms with Crippen LogP contribution in [0, 0.1) is 47.5 Å². The van der Waals surface area contributed by atoms with Gasteiger partial charge in [0.25, 0.3) is 0 Å². The SMILES string of the molecule is CCc1ccc2c(n1)oc1c(-c3cc(C(C)C)cc[n+]3C)c(C)ccc12.Cc1ccc2c(n1)oc1c(-c3cc(C(C)C)cc[n+]3C)c(C)ccc12.Cc1ccc2c(oc3nc(C(C)(C)C)ccc32)c1-c1cc(C(C)C)cc[n+]1C.Cc1ccc2c(oc3nc(C(C)C)ccc32)c1-c1cc(C(C)C)cc[n+]1C.Cc1ccc2c(oc3nc(CC(C)C)ccc32)c1-c1cc(C(C)C)cc[n+]1C. The lowest BCUT2D eigenvalue weighted by Gasteiger charge is -2.16. The summed E-state index contributed by atoms with van der Waals surface area (Å²) in [6.07, 6.45) is 12.6. The van der Waals surface area contributed by atoms with E-state index in [0.717, 1.165) is 174 Å². The lowest BCUT2D eigenvalue weighted by molar-refractivity contribution is -0.660. The van der Waals surface area contributed by atoms with Crippen LogP contribution in [0.1, 0.15) is 244 Å². The maximum absolute atomic E-state index is 6.39. The molecule has 0 N–H and O–H groups in total. The van der Waals surface area contributed by atoms with E-state index in [1.807, 2.05) is 13.0 Å². The number of hydrogen-bond donors (Lipinski definition) is 0. The molecule has 0 aliphatic rings. The number of aromatic nitrogens is 10. The van der Waals surface area contributed by atoms with Crippen molar-refractivity contribution in [3.63, 3.8) is 0 Å². The van der Waals surface area contributed by atoms with E-state index in [4.69, 9.17) is 42.0 Å². The molecule has 0 saturated heterocycles. The maximum atomic E-state index is 6.39. The first-order valence-electron chi connectivity index (χ1n) is 47.9. The minimum atomic E-state index is -0.00997. The molecule has 0 spiro atoms. The average Bonchev–Trinajstić information content (AvgIpc) is 1.63. The first kappa shape index (κ1) is 93.8. The fourth-order valence-corrected chi connectivity index (χ4v) is 18.3. The van der Waals surface area contributed by atoms with Crippen LogP contribution < -0.4 is 22.8 Å². The van der Waals surface area contributed by atoms with Gasteiger partial charge in [0.1, 0.15) is 35.2 Å². The molecule has 0 amide bonds. The van der Waals surface area contributed by atoms with Crippen LogP contribution in [0.4, 0.5) is 0 Å². The molecule has 20 aromatic rings. The molecule has 5 aromatic carbocycles. The zero-order valence-electron chi connectivity index (χ0n) is 84.2. The van der Waals surface area contributed by atoms with Crippen molar-refractivity contribution in [2.75, 3.05) is 0 Å². The van der Waals surface area contributed by atoms with Crippen LogP contribution in [0.3, 0.4) is 0 Å². The van der Waals surface area contributed by atoms with Crippen LogP contribution in [-0.2, 0) is 53.5 Å². The molecule has 0 fully saturated rings. The molecule has 0 radical (unpaired) electrons. The molecule has 15 aromatic heterocycles. The van der Waals surface area contributed by atoms with Gasteiger partial charge in [-0.15, -0.1) is 0 Å². The number of fused-ring (bicyclic) bond motifs is 15. The van der Waals surface area contributed by atoms with Crippen LogP contribution in [0.15, 0.2) is 235 Å². The Labute approximate surface area is 789 Å². The van der Waals surface area contributed by atoms with E-state index in [1.54, 1.807) is 0 Å². The Balaban J connectivity index is 0.000000122. The molecule has 684 valence electrons. The number of furan rings is 5. The third kappa shape index (κ3) is 18.5. The summed E-state index contributed by atoms with van der Waals surface area (Å²) in [5.41, 5.74) is 37.8. The fourth-order valence-electron chi connectivity index (χ4n) is 18.3. The molecular weight excluding hydrogens is 1650 g/mol. The molecule has 0 unspecified atom stereocenters. The topological polar surface area (TPSA) is 150 Å². The van der Waals surface area contributed by atoms with Gasteiger partial charge < -0.3 is 22.1 Å². The van der Waals surface area contributed by atoms with Crippen molar-refractivity contribution < 1.29 is 44.9 Å². The standard InChI is InChI=1S/2C25H29N2O.C24H27N2O.C23H25N2O.C22H23N2O/c1-15(2)17-12-13-27(7)20(14-17)22-16(3)8-9-18-19-10-11-21(25(4,5)6)26-24(19)28-23(18)22;1-15(2)13-19-8-10-21-20-9-7-17(5)23(24(20)28-25(21)26-19)22-14-18(16(3)4)11-12-27(22)6;1-14(2)17-11-12-26(6)21(13-17)22-16(5)7-8-18-19-9-10-20(15(3)4)25-24(19)27-23(18)22;1-6-17-8-10-19-18-9-7-15(4)21(22(18)26-23(19)24-17)20-13-16(14(2)3)11-12-25(20)5;1-13(2)16-10-11-24(5)19(12-16)20-14(3)6-8-17-18-9-7-15(4)23-22(18)25-21(17)20/h8-15H,1-7H3;7-12,14-16H,13H2,1-6H3;7-15H,1-6H3;7-14H,6H2,1-5H3;6-13H,1-5H3/q5*+1. The molecule has 0 saturated carbocycles. The van der Waals surface area contributed by atoms with E-state index >= 15 is 0 Å². The molecule has 0 bridgehead atoms. The lowest BCUT2D eigenvalue weighted by Crippen LogP contribution is -2.31. The zero-order valence-corrected chi connectivity index (χ0v) is 84.2. The van der Waals surface area contributed by atoms with Gasteiger partial charge in [-0.25, -0.2) is 47.8 Å². The number of nitrogens with zero attached hydrogens (tertiary/aromatic N) is 10. The Morgan fingerprint density at radius 3 is 0.806 bits per heavy atom. The third-order valence-electron chi connectivity index (χ3n) is 26.7. The normalized spacial score (nSPS) is 12.0. The van der Waals surface area contributed by atoms with Crippen molar-refractivity contribution in [2.45, 2.75) is 220 Å². The van der Waals surface area contributed by atoms with Crippen LogP contribution in [0.25, 0.3) is 167 Å². The van der Waals surface area contributed by atoms with Gasteiger partial charge in [0.05, 0.1) is 27.8 Å². The molecule has 0 aliphatic heterocycles. The minimum absolute atomic E-state index is 0.00997. The summed E-state index contributed by atoms with van der Waals surface area (Å²) in [4.78, 5) is 23.7. The minimum Gasteiger partial charge on any atom is -0.437 e. The van der Waals surface area contributed by atoms with E-state index in [2.05, 4.69) is 429 Å². The van der Waals surface area contributed by atoms with Gasteiger partial charge in [0.15, 0.2) is 58.9 Å². The van der Waals surface area contributed by atoms with E-state index in [9.17, 15) is 0 Å². The number of rotatable bonds is 14. The lowest BCUT2D eigenvalue weighted by atomic mass is 9.91. The molecule has 15 heterocycles. The Hall–Kier alpha value is -13.4. The first-order chi connectivity index (χ1) is 63.8. The smallest absolute Gasteiger partial charge is 0.227 e. The summed E-state index contributed by atoms with van der Waals surface area (Å²) < 4.78 is 42.5. The first-order valence-corrected chi connectivity index (χ1v) is 47.9. The number of hydrogen-bond acceptors (Lipinski definition) is 10. The fraction of sp³-hybridized carbons (Fsp3) is 0.328. The molecule has 134 heavy (non-hydrogen) atoms. The Morgan fingerprint density at radius 2 is 0.522 bits per heavy atom. The summed E-state index contributed by atoms with van der Waals surface area (Å²) in [7, 11) is 10.5. The van der Waals surface area contributed by atoms with E-state index in [-0.39, 0.29) is 5.41 Å². The maximum Gasteiger partial charge on any atom is 0.227 e. The third-order valence-corrected chi connectivity index (χ3v) is 26.7. The second-order valence-electron chi connectivity index (χ2n) is 40.3. The Bertz CT molecular complexity index is 7890. The van der Waals surface area contributed by atoms with Crippen LogP contribution in [-0.4, -0.2) is 24.9 Å². The summed E-state index contributed by atoms with van der Waals surface area (Å²) in [5.74, 6) is 3.37. The van der Waals surface area contributed by atoms with Gasteiger partial charge in [-0.05, 0) is 212 Å². The van der Waals surface area contributed by atoms with Crippen molar-refractivity contribution in [2.24, 2.45) is 41.2 Å². The Kier molecular flexibility index (Phi) is 26.6. The molecule has 0 atom stereocenters. The molecule has 0 aliphatic carbocycles. The second-order valence-corrected chi connectivity index (χ2v) is 40.3. The average molecular weight is 1780 g/mol. The van der Waals surface area contributed by atoms with Gasteiger partial charge in [-0.2, -0.15) is 0 Å². The zero-order chi connectivity index (χ0) is 95.6. The summed E-state index contributed by atoms with van der Waals surface area (Å²) in [6.45, 7) is 52.4. The van der Waals surface area contributed by atoms with Gasteiger partial charge in [-0.1, -0.05) is 185 Å². The highest BCUT2D eigenvalue weighted by Crippen LogP contribution is 2.45. The molecular formula is C119H133N10O5+5.